The zero-order chi connectivity index (χ0) is 15.4. The van der Waals surface area contributed by atoms with Crippen LogP contribution >= 0.6 is 15.9 Å². The van der Waals surface area contributed by atoms with Gasteiger partial charge in [-0.3, -0.25) is 4.79 Å². The molecule has 2 aromatic carbocycles. The van der Waals surface area contributed by atoms with Crippen LogP contribution in [0, 0.1) is 0 Å². The van der Waals surface area contributed by atoms with E-state index in [1.165, 1.54) is 12.3 Å². The Morgan fingerprint density at radius 3 is 2.86 bits per heavy atom. The number of nitrogens with one attached hydrogen (secondary N) is 1. The van der Waals surface area contributed by atoms with E-state index in [1.54, 1.807) is 30.3 Å². The molecule has 0 fully saturated rings. The number of nitrogen functional groups attached to an aromatic ring is 1. The van der Waals surface area contributed by atoms with Crippen LogP contribution in [0.5, 0.6) is 5.75 Å². The molecule has 0 aromatic heterocycles. The van der Waals surface area contributed by atoms with E-state index in [4.69, 9.17) is 13.6 Å². The highest BCUT2D eigenvalue weighted by Gasteiger charge is 2.06. The first kappa shape index (κ1) is 15.1. The van der Waals surface area contributed by atoms with Gasteiger partial charge in [-0.25, -0.2) is 5.43 Å². The molecule has 0 atom stereocenters. The van der Waals surface area contributed by atoms with Crippen molar-refractivity contribution in [2.24, 2.45) is 5.10 Å². The topological polar surface area (TPSA) is 87.7 Å². The summed E-state index contributed by atoms with van der Waals surface area (Å²) in [6, 6.07) is 9.63. The van der Waals surface area contributed by atoms with Gasteiger partial charge in [0.25, 0.3) is 5.91 Å². The largest absolute Gasteiger partial charge is 0.506 e. The molecular weight excluding hydrogens is 333 g/mol. The summed E-state index contributed by atoms with van der Waals surface area (Å²) in [5.74, 6) is -0.410. The maximum atomic E-state index is 11.8. The molecule has 2 rings (SSSR count). The van der Waals surface area contributed by atoms with Crippen molar-refractivity contribution in [3.05, 3.63) is 52.0 Å². The van der Waals surface area contributed by atoms with Gasteiger partial charge in [-0.2, -0.15) is 5.10 Å². The second-order valence-corrected chi connectivity index (χ2v) is 5.12. The summed E-state index contributed by atoms with van der Waals surface area (Å²) in [5, 5.41) is 13.6. The van der Waals surface area contributed by atoms with Crippen LogP contribution in [0.2, 0.25) is 0 Å². The van der Waals surface area contributed by atoms with Gasteiger partial charge in [-0.05, 0) is 34.1 Å². The number of anilines is 1. The van der Waals surface area contributed by atoms with E-state index in [9.17, 15) is 9.90 Å². The van der Waals surface area contributed by atoms with Gasteiger partial charge in [0, 0.05) is 16.8 Å². The van der Waals surface area contributed by atoms with Crippen LogP contribution in [0.1, 0.15) is 15.9 Å². The van der Waals surface area contributed by atoms with Crippen LogP contribution in [0.3, 0.4) is 0 Å². The number of hydrogen-bond donors (Lipinski definition) is 3. The number of hydrazone groups is 1. The zero-order valence-electron chi connectivity index (χ0n) is 10.9. The summed E-state index contributed by atoms with van der Waals surface area (Å²) >= 11 is 3.17. The predicted molar refractivity (Wildman–Crippen MR) is 87.1 cm³/mol. The number of amides is 1. The highest BCUT2D eigenvalue weighted by Crippen LogP contribution is 2.24. The number of hydrogen-bond acceptors (Lipinski definition) is 4. The minimum absolute atomic E-state index is 0.00819. The number of carbonyl (C=O) groups excluding carboxylic acids is 1. The van der Waals surface area contributed by atoms with Crippen molar-refractivity contribution in [3.8, 4) is 5.75 Å². The van der Waals surface area contributed by atoms with Gasteiger partial charge in [-0.1, -0.05) is 23.7 Å². The number of nitrogens with zero attached hydrogens (tertiary/aromatic N) is 1. The van der Waals surface area contributed by atoms with Crippen LogP contribution in [-0.2, 0) is 0 Å². The van der Waals surface area contributed by atoms with Gasteiger partial charge < -0.3 is 10.8 Å². The Morgan fingerprint density at radius 2 is 2.14 bits per heavy atom. The lowest BCUT2D eigenvalue weighted by atomic mass is 9.94. The Hall–Kier alpha value is -2.28. The molecule has 4 N–H and O–H groups in total. The third-order valence-corrected chi connectivity index (χ3v) is 3.24. The number of halogens is 1. The molecule has 0 heterocycles. The molecule has 21 heavy (non-hydrogen) atoms. The highest BCUT2D eigenvalue weighted by atomic mass is 79.9. The molecule has 2 aromatic rings. The first-order chi connectivity index (χ1) is 9.97. The standard InChI is InChI=1S/C14H11BBrN3O2/c15-10-4-9(13(20)12(16)6-10)7-18-19-14(21)8-2-1-3-11(17)5-8/h1-7,20H,17H2,(H,19,21)/b18-7+. The number of phenolic OH excluding ortho intramolecular Hbond substituents is 1. The van der Waals surface area contributed by atoms with Gasteiger partial charge in [0.2, 0.25) is 0 Å². The maximum absolute atomic E-state index is 11.8. The van der Waals surface area contributed by atoms with E-state index in [-0.39, 0.29) is 5.75 Å². The minimum Gasteiger partial charge on any atom is -0.506 e. The molecule has 0 aliphatic rings. The van der Waals surface area contributed by atoms with Crippen LogP contribution in [0.4, 0.5) is 5.69 Å². The van der Waals surface area contributed by atoms with Crippen molar-refractivity contribution in [2.45, 2.75) is 0 Å². The first-order valence-corrected chi connectivity index (χ1v) is 6.73. The predicted octanol–water partition coefficient (Wildman–Crippen LogP) is 1.29. The summed E-state index contributed by atoms with van der Waals surface area (Å²) in [4.78, 5) is 11.8. The van der Waals surface area contributed by atoms with E-state index in [2.05, 4.69) is 26.5 Å². The second kappa shape index (κ2) is 6.45. The molecule has 0 spiro atoms. The van der Waals surface area contributed by atoms with E-state index in [0.717, 1.165) is 0 Å². The van der Waals surface area contributed by atoms with Crippen molar-refractivity contribution >= 4 is 47.0 Å². The van der Waals surface area contributed by atoms with Crippen molar-refractivity contribution in [1.29, 1.82) is 0 Å². The molecule has 0 aliphatic heterocycles. The lowest BCUT2D eigenvalue weighted by Crippen LogP contribution is -2.17. The summed E-state index contributed by atoms with van der Waals surface area (Å²) < 4.78 is 0.450. The number of aromatic hydroxyl groups is 1. The molecule has 5 nitrogen and oxygen atoms in total. The smallest absolute Gasteiger partial charge is 0.271 e. The number of nitrogens with two attached hydrogens (primary N) is 1. The average molecular weight is 344 g/mol. The zero-order valence-corrected chi connectivity index (χ0v) is 12.5. The lowest BCUT2D eigenvalue weighted by molar-refractivity contribution is 0.0955. The van der Waals surface area contributed by atoms with E-state index in [0.29, 0.717) is 26.7 Å². The Labute approximate surface area is 131 Å². The van der Waals surface area contributed by atoms with E-state index in [1.807, 2.05) is 0 Å². The third-order valence-electron chi connectivity index (χ3n) is 2.63. The molecule has 2 radical (unpaired) electrons. The second-order valence-electron chi connectivity index (χ2n) is 4.27. The van der Waals surface area contributed by atoms with Crippen LogP contribution in [0.15, 0.2) is 46.0 Å². The average Bonchev–Trinajstić information content (AvgIpc) is 2.43. The molecule has 0 unspecified atom stereocenters. The molecule has 0 aliphatic carbocycles. The Balaban J connectivity index is 2.11. The quantitative estimate of drug-likeness (QED) is 0.339. The van der Waals surface area contributed by atoms with Gasteiger partial charge in [0.1, 0.15) is 13.6 Å². The van der Waals surface area contributed by atoms with Gasteiger partial charge in [0.15, 0.2) is 0 Å². The number of rotatable bonds is 3. The van der Waals surface area contributed by atoms with Crippen LogP contribution in [-0.4, -0.2) is 25.1 Å². The van der Waals surface area contributed by atoms with Gasteiger partial charge >= 0.3 is 0 Å². The Bertz CT molecular complexity index is 719. The summed E-state index contributed by atoms with van der Waals surface area (Å²) in [6.45, 7) is 0. The number of phenols is 1. The van der Waals surface area contributed by atoms with E-state index < -0.39 is 5.91 Å². The Kier molecular flexibility index (Phi) is 4.64. The number of benzene rings is 2. The molecule has 0 saturated carbocycles. The van der Waals surface area contributed by atoms with Crippen molar-refractivity contribution < 1.29 is 9.90 Å². The number of carbonyl (C=O) groups is 1. The van der Waals surface area contributed by atoms with Gasteiger partial charge in [-0.15, -0.1) is 0 Å². The van der Waals surface area contributed by atoms with E-state index >= 15 is 0 Å². The summed E-state index contributed by atoms with van der Waals surface area (Å²) in [5.41, 5.74) is 9.68. The van der Waals surface area contributed by atoms with Gasteiger partial charge in [0.05, 0.1) is 10.7 Å². The molecule has 0 saturated heterocycles. The Morgan fingerprint density at radius 1 is 1.38 bits per heavy atom. The minimum atomic E-state index is -0.402. The van der Waals surface area contributed by atoms with Crippen molar-refractivity contribution in [2.75, 3.05) is 5.73 Å². The fourth-order valence-corrected chi connectivity index (χ4v) is 2.14. The van der Waals surface area contributed by atoms with Crippen molar-refractivity contribution in [1.82, 2.24) is 5.43 Å². The van der Waals surface area contributed by atoms with Crippen LogP contribution in [0.25, 0.3) is 0 Å². The third kappa shape index (κ3) is 3.85. The fraction of sp³-hybridized carbons (Fsp3) is 0. The molecule has 1 amide bonds. The fourth-order valence-electron chi connectivity index (χ4n) is 1.65. The normalized spacial score (nSPS) is 10.7. The highest BCUT2D eigenvalue weighted by molar-refractivity contribution is 9.10. The molecule has 7 heteroatoms. The van der Waals surface area contributed by atoms with Crippen LogP contribution < -0.4 is 16.6 Å². The molecule has 0 bridgehead atoms. The molecular formula is C14H11BBrN3O2. The first-order valence-electron chi connectivity index (χ1n) is 5.94. The van der Waals surface area contributed by atoms with Crippen molar-refractivity contribution in [3.63, 3.8) is 0 Å². The lowest BCUT2D eigenvalue weighted by Gasteiger charge is -2.04. The SMILES string of the molecule is [B]c1cc(Br)c(O)c(/C=N/NC(=O)c2cccc(N)c2)c1. The molecule has 104 valence electrons. The summed E-state index contributed by atoms with van der Waals surface area (Å²) in [6.07, 6.45) is 1.31. The monoisotopic (exact) mass is 343 g/mol. The summed E-state index contributed by atoms with van der Waals surface area (Å²) in [7, 11) is 5.66. The maximum Gasteiger partial charge on any atom is 0.271 e.